The Kier molecular flexibility index (Phi) is 3.26. The molecule has 0 spiro atoms. The first-order valence-corrected chi connectivity index (χ1v) is 1.77. The Morgan fingerprint density at radius 3 is 2.43 bits per heavy atom. The molecule has 0 rings (SSSR count). The van der Waals surface area contributed by atoms with Gasteiger partial charge in [-0.25, -0.2) is 0 Å². The summed E-state index contributed by atoms with van der Waals surface area (Å²) in [5.41, 5.74) is 0. The zero-order valence-electron chi connectivity index (χ0n) is 3.65. The van der Waals surface area contributed by atoms with Gasteiger partial charge in [0.2, 0.25) is 0 Å². The molecular formula is C3H7NO3. The molecule has 0 aliphatic carbocycles. The van der Waals surface area contributed by atoms with Crippen molar-refractivity contribution in [2.45, 2.75) is 6.10 Å². The Bertz CT molecular complexity index is 63.2. The Labute approximate surface area is 40.7 Å². The number of rotatable bonds is 2. The Morgan fingerprint density at radius 1 is 1.71 bits per heavy atom. The third-order valence-corrected chi connectivity index (χ3v) is 0.426. The molecule has 4 heteroatoms. The number of hydrogen-bond acceptors (Lipinski definition) is 4. The summed E-state index contributed by atoms with van der Waals surface area (Å²) in [4.78, 5) is 0. The van der Waals surface area contributed by atoms with Gasteiger partial charge in [-0.1, -0.05) is 5.16 Å². The van der Waals surface area contributed by atoms with E-state index in [1.165, 1.54) is 0 Å². The van der Waals surface area contributed by atoms with Crippen LogP contribution in [0.2, 0.25) is 0 Å². The predicted molar refractivity (Wildman–Crippen MR) is 23.4 cm³/mol. The van der Waals surface area contributed by atoms with Crippen LogP contribution in [0, 0.1) is 0 Å². The van der Waals surface area contributed by atoms with E-state index in [2.05, 4.69) is 5.16 Å². The fourth-order valence-electron chi connectivity index (χ4n) is 0.124. The predicted octanol–water partition coefficient (Wildman–Crippen LogP) is -1.20. The van der Waals surface area contributed by atoms with E-state index in [1.54, 1.807) is 0 Å². The van der Waals surface area contributed by atoms with E-state index in [0.717, 1.165) is 6.21 Å². The number of aliphatic hydroxyl groups is 2. The quantitative estimate of drug-likeness (QED) is 0.234. The summed E-state index contributed by atoms with van der Waals surface area (Å²) in [6.45, 7) is -0.413. The minimum atomic E-state index is -1.04. The Morgan fingerprint density at radius 2 is 2.29 bits per heavy atom. The normalized spacial score (nSPS) is 15.1. The highest BCUT2D eigenvalue weighted by Crippen LogP contribution is 1.70. The van der Waals surface area contributed by atoms with Gasteiger partial charge < -0.3 is 15.4 Å². The lowest BCUT2D eigenvalue weighted by atomic mass is 10.4. The van der Waals surface area contributed by atoms with Crippen molar-refractivity contribution in [2.75, 3.05) is 6.61 Å². The maximum atomic E-state index is 8.30. The minimum Gasteiger partial charge on any atom is -0.411 e. The second-order valence-electron chi connectivity index (χ2n) is 1.01. The van der Waals surface area contributed by atoms with E-state index in [0.29, 0.717) is 0 Å². The van der Waals surface area contributed by atoms with E-state index in [9.17, 15) is 0 Å². The van der Waals surface area contributed by atoms with E-state index in [-0.39, 0.29) is 0 Å². The zero-order valence-corrected chi connectivity index (χ0v) is 3.65. The molecule has 0 amide bonds. The van der Waals surface area contributed by atoms with Gasteiger partial charge in [-0.05, 0) is 0 Å². The van der Waals surface area contributed by atoms with Crippen LogP contribution < -0.4 is 0 Å². The summed E-state index contributed by atoms with van der Waals surface area (Å²) < 4.78 is 0. The smallest absolute Gasteiger partial charge is 0.115 e. The molecule has 0 heterocycles. The molecule has 0 aromatic carbocycles. The van der Waals surface area contributed by atoms with Crippen molar-refractivity contribution in [1.29, 1.82) is 0 Å². The highest BCUT2D eigenvalue weighted by molar-refractivity contribution is 5.61. The van der Waals surface area contributed by atoms with Crippen LogP contribution in [0.1, 0.15) is 0 Å². The molecule has 0 saturated heterocycles. The maximum absolute atomic E-state index is 8.30. The summed E-state index contributed by atoms with van der Waals surface area (Å²) in [7, 11) is 0. The monoisotopic (exact) mass is 105 g/mol. The first-order valence-electron chi connectivity index (χ1n) is 1.77. The maximum Gasteiger partial charge on any atom is 0.115 e. The summed E-state index contributed by atoms with van der Waals surface area (Å²) >= 11 is 0. The van der Waals surface area contributed by atoms with E-state index in [1.807, 2.05) is 0 Å². The van der Waals surface area contributed by atoms with Gasteiger partial charge in [0, 0.05) is 0 Å². The molecule has 0 bridgehead atoms. The van der Waals surface area contributed by atoms with Crippen LogP contribution in [-0.4, -0.2) is 34.3 Å². The summed E-state index contributed by atoms with van der Waals surface area (Å²) in [5, 5.41) is 26.4. The summed E-state index contributed by atoms with van der Waals surface area (Å²) in [6, 6.07) is 0. The fraction of sp³-hybridized carbons (Fsp3) is 0.667. The van der Waals surface area contributed by atoms with Crippen LogP contribution in [0.15, 0.2) is 5.16 Å². The molecule has 0 aliphatic rings. The molecule has 0 fully saturated rings. The van der Waals surface area contributed by atoms with Crippen molar-refractivity contribution in [3.05, 3.63) is 0 Å². The van der Waals surface area contributed by atoms with E-state index in [4.69, 9.17) is 15.4 Å². The molecule has 1 atom stereocenters. The van der Waals surface area contributed by atoms with Crippen molar-refractivity contribution in [1.82, 2.24) is 0 Å². The van der Waals surface area contributed by atoms with Gasteiger partial charge in [0.15, 0.2) is 0 Å². The van der Waals surface area contributed by atoms with Gasteiger partial charge in [-0.3, -0.25) is 0 Å². The van der Waals surface area contributed by atoms with Gasteiger partial charge in [0.05, 0.1) is 12.8 Å². The first kappa shape index (κ1) is 6.39. The largest absolute Gasteiger partial charge is 0.411 e. The lowest BCUT2D eigenvalue weighted by molar-refractivity contribution is 0.145. The van der Waals surface area contributed by atoms with Crippen LogP contribution in [0.5, 0.6) is 0 Å². The van der Waals surface area contributed by atoms with Gasteiger partial charge >= 0.3 is 0 Å². The molecule has 7 heavy (non-hydrogen) atoms. The van der Waals surface area contributed by atoms with Gasteiger partial charge in [-0.2, -0.15) is 0 Å². The SMILES string of the molecule is OCC(O)/C=N/O. The van der Waals surface area contributed by atoms with Gasteiger partial charge in [-0.15, -0.1) is 0 Å². The number of hydrogen-bond donors (Lipinski definition) is 3. The Hall–Kier alpha value is -0.610. The number of nitrogens with zero attached hydrogens (tertiary/aromatic N) is 1. The molecule has 4 nitrogen and oxygen atoms in total. The standard InChI is InChI=1S/C3H7NO3/c5-2-3(6)1-4-7/h1,3,5-7H,2H2/b4-1+. The molecule has 0 radical (unpaired) electrons. The van der Waals surface area contributed by atoms with Crippen molar-refractivity contribution >= 4 is 6.21 Å². The molecular weight excluding hydrogens is 98.0 g/mol. The molecule has 0 aromatic heterocycles. The van der Waals surface area contributed by atoms with Gasteiger partial charge in [0.1, 0.15) is 6.10 Å². The highest BCUT2D eigenvalue weighted by Gasteiger charge is 1.92. The number of aliphatic hydroxyl groups excluding tert-OH is 2. The fourth-order valence-corrected chi connectivity index (χ4v) is 0.124. The van der Waals surface area contributed by atoms with Crippen LogP contribution in [0.4, 0.5) is 0 Å². The minimum absolute atomic E-state index is 0.413. The van der Waals surface area contributed by atoms with Crippen molar-refractivity contribution in [3.63, 3.8) is 0 Å². The van der Waals surface area contributed by atoms with Crippen molar-refractivity contribution in [3.8, 4) is 0 Å². The van der Waals surface area contributed by atoms with Crippen molar-refractivity contribution < 1.29 is 15.4 Å². The molecule has 0 saturated carbocycles. The van der Waals surface area contributed by atoms with Crippen LogP contribution >= 0.6 is 0 Å². The first-order chi connectivity index (χ1) is 3.31. The molecule has 0 aliphatic heterocycles. The molecule has 3 N–H and O–H groups in total. The lowest BCUT2D eigenvalue weighted by Gasteiger charge is -1.92. The lowest BCUT2D eigenvalue weighted by Crippen LogP contribution is -2.12. The Balaban J connectivity index is 3.16. The average Bonchev–Trinajstić information content (AvgIpc) is 1.68. The van der Waals surface area contributed by atoms with Crippen LogP contribution in [0.25, 0.3) is 0 Å². The van der Waals surface area contributed by atoms with Crippen LogP contribution in [-0.2, 0) is 0 Å². The van der Waals surface area contributed by atoms with Gasteiger partial charge in [0.25, 0.3) is 0 Å². The molecule has 42 valence electrons. The molecule has 1 unspecified atom stereocenters. The number of oxime groups is 1. The van der Waals surface area contributed by atoms with Crippen LogP contribution in [0.3, 0.4) is 0 Å². The third-order valence-electron chi connectivity index (χ3n) is 0.426. The van der Waals surface area contributed by atoms with E-state index < -0.39 is 12.7 Å². The second-order valence-corrected chi connectivity index (χ2v) is 1.01. The summed E-state index contributed by atoms with van der Waals surface area (Å²) in [5.74, 6) is 0. The third kappa shape index (κ3) is 3.21. The molecule has 0 aromatic rings. The topological polar surface area (TPSA) is 73.0 Å². The zero-order chi connectivity index (χ0) is 5.70. The second kappa shape index (κ2) is 3.58. The average molecular weight is 105 g/mol. The highest BCUT2D eigenvalue weighted by atomic mass is 16.4. The summed E-state index contributed by atoms with van der Waals surface area (Å²) in [6.07, 6.45) is -0.204. The van der Waals surface area contributed by atoms with E-state index >= 15 is 0 Å². The van der Waals surface area contributed by atoms with Crippen molar-refractivity contribution in [2.24, 2.45) is 5.16 Å².